The number of anilines is 1. The number of benzene rings is 1. The van der Waals surface area contributed by atoms with Gasteiger partial charge in [0.2, 0.25) is 5.95 Å². The van der Waals surface area contributed by atoms with Crippen LogP contribution in [0.15, 0.2) is 48.8 Å². The van der Waals surface area contributed by atoms with Gasteiger partial charge in [-0.05, 0) is 37.0 Å². The summed E-state index contributed by atoms with van der Waals surface area (Å²) in [6.45, 7) is 2.49. The number of aromatic nitrogens is 2. The van der Waals surface area contributed by atoms with Crippen molar-refractivity contribution in [2.75, 3.05) is 25.0 Å². The number of nitrogens with zero attached hydrogens (tertiary/aromatic N) is 3. The van der Waals surface area contributed by atoms with E-state index in [-0.39, 0.29) is 5.91 Å². The molecule has 0 bridgehead atoms. The Hall–Kier alpha value is -2.43. The number of rotatable bonds is 4. The van der Waals surface area contributed by atoms with Crippen LogP contribution in [0.4, 0.5) is 5.95 Å². The third-order valence-corrected chi connectivity index (χ3v) is 4.04. The van der Waals surface area contributed by atoms with Crippen LogP contribution < -0.4 is 5.32 Å². The molecular weight excluding hydrogens is 276 g/mol. The maximum absolute atomic E-state index is 12.4. The van der Waals surface area contributed by atoms with Crippen molar-refractivity contribution in [2.24, 2.45) is 5.92 Å². The van der Waals surface area contributed by atoms with E-state index in [1.165, 1.54) is 0 Å². The summed E-state index contributed by atoms with van der Waals surface area (Å²) in [5, 5.41) is 3.26. The molecule has 1 aliphatic heterocycles. The molecule has 5 nitrogen and oxygen atoms in total. The van der Waals surface area contributed by atoms with Gasteiger partial charge < -0.3 is 10.2 Å². The Morgan fingerprint density at radius 3 is 2.45 bits per heavy atom. The minimum Gasteiger partial charge on any atom is -0.354 e. The van der Waals surface area contributed by atoms with Gasteiger partial charge in [-0.25, -0.2) is 9.97 Å². The summed E-state index contributed by atoms with van der Waals surface area (Å²) in [6.07, 6.45) is 5.49. The van der Waals surface area contributed by atoms with E-state index in [0.717, 1.165) is 38.0 Å². The van der Waals surface area contributed by atoms with Crippen molar-refractivity contribution in [3.63, 3.8) is 0 Å². The highest BCUT2D eigenvalue weighted by molar-refractivity contribution is 5.94. The van der Waals surface area contributed by atoms with E-state index in [1.54, 1.807) is 18.5 Å². The van der Waals surface area contributed by atoms with Crippen molar-refractivity contribution in [1.29, 1.82) is 0 Å². The van der Waals surface area contributed by atoms with Gasteiger partial charge in [0, 0.05) is 37.6 Å². The second kappa shape index (κ2) is 7.02. The number of carbonyl (C=O) groups is 1. The first kappa shape index (κ1) is 14.5. The van der Waals surface area contributed by atoms with Crippen LogP contribution in [0.25, 0.3) is 0 Å². The summed E-state index contributed by atoms with van der Waals surface area (Å²) in [5.74, 6) is 1.37. The standard InChI is InChI=1S/C17H20N4O/c22-16(15-5-2-1-3-6-15)21-11-7-14(8-12-21)13-20-17-18-9-4-10-19-17/h1-6,9-10,14H,7-8,11-13H2,(H,18,19,20). The molecule has 2 heterocycles. The second-order valence-electron chi connectivity index (χ2n) is 5.55. The van der Waals surface area contributed by atoms with E-state index >= 15 is 0 Å². The van der Waals surface area contributed by atoms with Gasteiger partial charge in [0.25, 0.3) is 5.91 Å². The van der Waals surface area contributed by atoms with Gasteiger partial charge in [-0.1, -0.05) is 18.2 Å². The Bertz CT molecular complexity index is 595. The van der Waals surface area contributed by atoms with E-state index in [9.17, 15) is 4.79 Å². The number of carbonyl (C=O) groups excluding carboxylic acids is 1. The summed E-state index contributed by atoms with van der Waals surface area (Å²) < 4.78 is 0. The molecule has 1 aliphatic rings. The zero-order chi connectivity index (χ0) is 15.2. The highest BCUT2D eigenvalue weighted by atomic mass is 16.2. The van der Waals surface area contributed by atoms with Crippen molar-refractivity contribution in [3.05, 3.63) is 54.4 Å². The number of likely N-dealkylation sites (tertiary alicyclic amines) is 1. The molecule has 114 valence electrons. The summed E-state index contributed by atoms with van der Waals surface area (Å²) in [4.78, 5) is 22.6. The predicted molar refractivity (Wildman–Crippen MR) is 85.6 cm³/mol. The highest BCUT2D eigenvalue weighted by Gasteiger charge is 2.23. The number of hydrogen-bond acceptors (Lipinski definition) is 4. The Morgan fingerprint density at radius 2 is 1.77 bits per heavy atom. The van der Waals surface area contributed by atoms with Crippen molar-refractivity contribution in [3.8, 4) is 0 Å². The van der Waals surface area contributed by atoms with Crippen molar-refractivity contribution >= 4 is 11.9 Å². The second-order valence-corrected chi connectivity index (χ2v) is 5.55. The minimum absolute atomic E-state index is 0.137. The number of nitrogens with one attached hydrogen (secondary N) is 1. The fourth-order valence-electron chi connectivity index (χ4n) is 2.73. The molecule has 1 aromatic heterocycles. The molecule has 1 saturated heterocycles. The van der Waals surface area contributed by atoms with Crippen LogP contribution in [0.1, 0.15) is 23.2 Å². The minimum atomic E-state index is 0.137. The first-order valence-corrected chi connectivity index (χ1v) is 7.68. The molecule has 0 radical (unpaired) electrons. The molecule has 1 aromatic carbocycles. The number of amides is 1. The van der Waals surface area contributed by atoms with Gasteiger partial charge in [0.15, 0.2) is 0 Å². The van der Waals surface area contributed by atoms with Crippen LogP contribution in [-0.4, -0.2) is 40.4 Å². The molecule has 0 unspecified atom stereocenters. The smallest absolute Gasteiger partial charge is 0.253 e. The Balaban J connectivity index is 1.47. The van der Waals surface area contributed by atoms with Crippen LogP contribution in [0.3, 0.4) is 0 Å². The average Bonchev–Trinajstić information content (AvgIpc) is 2.61. The van der Waals surface area contributed by atoms with Gasteiger partial charge in [-0.2, -0.15) is 0 Å². The molecule has 0 aliphatic carbocycles. The molecule has 3 rings (SSSR count). The molecule has 1 amide bonds. The van der Waals surface area contributed by atoms with E-state index in [4.69, 9.17) is 0 Å². The molecule has 0 saturated carbocycles. The van der Waals surface area contributed by atoms with Crippen molar-refractivity contribution in [2.45, 2.75) is 12.8 Å². The van der Waals surface area contributed by atoms with Gasteiger partial charge in [0.1, 0.15) is 0 Å². The van der Waals surface area contributed by atoms with Gasteiger partial charge in [-0.15, -0.1) is 0 Å². The van der Waals surface area contributed by atoms with Crippen LogP contribution in [0, 0.1) is 5.92 Å². The van der Waals surface area contributed by atoms with E-state index in [0.29, 0.717) is 11.9 Å². The van der Waals surface area contributed by atoms with Crippen LogP contribution in [-0.2, 0) is 0 Å². The van der Waals surface area contributed by atoms with E-state index in [1.807, 2.05) is 35.2 Å². The van der Waals surface area contributed by atoms with Crippen molar-refractivity contribution < 1.29 is 4.79 Å². The first-order chi connectivity index (χ1) is 10.8. The average molecular weight is 296 g/mol. The lowest BCUT2D eigenvalue weighted by atomic mass is 9.96. The summed E-state index contributed by atoms with van der Waals surface area (Å²) in [7, 11) is 0. The quantitative estimate of drug-likeness (QED) is 0.941. The van der Waals surface area contributed by atoms with Crippen LogP contribution in [0.5, 0.6) is 0 Å². The summed E-state index contributed by atoms with van der Waals surface area (Å²) in [6, 6.07) is 11.3. The molecular formula is C17H20N4O. The van der Waals surface area contributed by atoms with Crippen LogP contribution in [0.2, 0.25) is 0 Å². The molecule has 0 spiro atoms. The SMILES string of the molecule is O=C(c1ccccc1)N1CCC(CNc2ncccn2)CC1. The molecule has 0 atom stereocenters. The Labute approximate surface area is 130 Å². The van der Waals surface area contributed by atoms with Crippen molar-refractivity contribution in [1.82, 2.24) is 14.9 Å². The third-order valence-electron chi connectivity index (χ3n) is 4.04. The monoisotopic (exact) mass is 296 g/mol. The zero-order valence-corrected chi connectivity index (χ0v) is 12.5. The maximum Gasteiger partial charge on any atom is 0.253 e. The lowest BCUT2D eigenvalue weighted by Gasteiger charge is -2.32. The Morgan fingerprint density at radius 1 is 1.09 bits per heavy atom. The molecule has 22 heavy (non-hydrogen) atoms. The van der Waals surface area contributed by atoms with E-state index in [2.05, 4.69) is 15.3 Å². The zero-order valence-electron chi connectivity index (χ0n) is 12.5. The topological polar surface area (TPSA) is 58.1 Å². The summed E-state index contributed by atoms with van der Waals surface area (Å²) >= 11 is 0. The number of piperidine rings is 1. The van der Waals surface area contributed by atoms with Gasteiger partial charge in [-0.3, -0.25) is 4.79 Å². The Kier molecular flexibility index (Phi) is 4.63. The lowest BCUT2D eigenvalue weighted by Crippen LogP contribution is -2.39. The molecule has 1 fully saturated rings. The molecule has 1 N–H and O–H groups in total. The number of hydrogen-bond donors (Lipinski definition) is 1. The van der Waals surface area contributed by atoms with Gasteiger partial charge in [0.05, 0.1) is 0 Å². The molecule has 5 heteroatoms. The van der Waals surface area contributed by atoms with E-state index < -0.39 is 0 Å². The predicted octanol–water partition coefficient (Wildman–Crippen LogP) is 2.44. The first-order valence-electron chi connectivity index (χ1n) is 7.68. The third kappa shape index (κ3) is 3.61. The van der Waals surface area contributed by atoms with Crippen LogP contribution >= 0.6 is 0 Å². The fraction of sp³-hybridized carbons (Fsp3) is 0.353. The highest BCUT2D eigenvalue weighted by Crippen LogP contribution is 2.19. The maximum atomic E-state index is 12.4. The van der Waals surface area contributed by atoms with Gasteiger partial charge >= 0.3 is 0 Å². The largest absolute Gasteiger partial charge is 0.354 e. The normalized spacial score (nSPS) is 15.5. The summed E-state index contributed by atoms with van der Waals surface area (Å²) in [5.41, 5.74) is 0.775. The molecule has 2 aromatic rings. The lowest BCUT2D eigenvalue weighted by molar-refractivity contribution is 0.0695. The fourth-order valence-corrected chi connectivity index (χ4v) is 2.73.